The highest BCUT2D eigenvalue weighted by Crippen LogP contribution is 2.05. The first kappa shape index (κ1) is 11.6. The topological polar surface area (TPSA) is 56.4 Å². The second-order valence-electron chi connectivity index (χ2n) is 4.19. The van der Waals surface area contributed by atoms with Crippen LogP contribution in [0.15, 0.2) is 27.9 Å². The van der Waals surface area contributed by atoms with Crippen molar-refractivity contribution in [3.63, 3.8) is 0 Å². The zero-order valence-corrected chi connectivity index (χ0v) is 10.2. The van der Waals surface area contributed by atoms with Gasteiger partial charge >= 0.3 is 11.4 Å². The van der Waals surface area contributed by atoms with Gasteiger partial charge in [-0.15, -0.1) is 0 Å². The Labute approximate surface area is 98.4 Å². The van der Waals surface area contributed by atoms with Gasteiger partial charge in [0.15, 0.2) is 0 Å². The Hall–Kier alpha value is -1.91. The molecular weight excluding hydrogens is 218 g/mol. The van der Waals surface area contributed by atoms with Crippen molar-refractivity contribution in [3.8, 4) is 0 Å². The van der Waals surface area contributed by atoms with Gasteiger partial charge in [0, 0.05) is 12.2 Å². The molecule has 1 atom stereocenters. The molecule has 0 bridgehead atoms. The van der Waals surface area contributed by atoms with Crippen molar-refractivity contribution in [1.82, 2.24) is 14.0 Å². The molecule has 0 aromatic carbocycles. The molecule has 0 saturated heterocycles. The van der Waals surface area contributed by atoms with Gasteiger partial charge in [0.1, 0.15) is 5.65 Å². The van der Waals surface area contributed by atoms with Crippen molar-refractivity contribution in [3.05, 3.63) is 44.9 Å². The van der Waals surface area contributed by atoms with E-state index in [4.69, 9.17) is 0 Å². The monoisotopic (exact) mass is 233 g/mol. The highest BCUT2D eigenvalue weighted by atomic mass is 16.2. The molecule has 5 heteroatoms. The minimum Gasteiger partial charge on any atom is -0.252 e. The van der Waals surface area contributed by atoms with Crippen LogP contribution in [-0.2, 0) is 0 Å². The van der Waals surface area contributed by atoms with Crippen molar-refractivity contribution >= 4 is 5.65 Å². The van der Waals surface area contributed by atoms with Crippen LogP contribution in [0.2, 0.25) is 0 Å². The molecule has 0 aliphatic rings. The number of aromatic nitrogens is 3. The molecule has 2 rings (SSSR count). The van der Waals surface area contributed by atoms with E-state index in [0.29, 0.717) is 12.1 Å². The molecule has 2 aromatic heterocycles. The molecular formula is C12H15N3O2. The van der Waals surface area contributed by atoms with Crippen LogP contribution in [0.3, 0.4) is 0 Å². The molecule has 0 radical (unpaired) electrons. The summed E-state index contributed by atoms with van der Waals surface area (Å²) in [7, 11) is 0. The Balaban J connectivity index is 2.91. The fourth-order valence-corrected chi connectivity index (χ4v) is 1.81. The molecule has 0 saturated carbocycles. The Morgan fingerprint density at radius 1 is 1.41 bits per heavy atom. The van der Waals surface area contributed by atoms with Gasteiger partial charge in [-0.3, -0.25) is 4.40 Å². The van der Waals surface area contributed by atoms with Crippen LogP contribution < -0.4 is 11.4 Å². The third-order valence-corrected chi connectivity index (χ3v) is 3.01. The molecule has 17 heavy (non-hydrogen) atoms. The summed E-state index contributed by atoms with van der Waals surface area (Å²) in [6.45, 7) is 5.60. The van der Waals surface area contributed by atoms with Gasteiger partial charge < -0.3 is 0 Å². The van der Waals surface area contributed by atoms with Crippen LogP contribution in [-0.4, -0.2) is 14.0 Å². The smallest absolute Gasteiger partial charge is 0.252 e. The maximum absolute atomic E-state index is 12.2. The Morgan fingerprint density at radius 3 is 2.76 bits per heavy atom. The Kier molecular flexibility index (Phi) is 2.83. The van der Waals surface area contributed by atoms with Gasteiger partial charge in [-0.1, -0.05) is 13.0 Å². The Morgan fingerprint density at radius 2 is 2.12 bits per heavy atom. The summed E-state index contributed by atoms with van der Waals surface area (Å²) < 4.78 is 2.62. The highest BCUT2D eigenvalue weighted by molar-refractivity contribution is 5.45. The van der Waals surface area contributed by atoms with Crippen LogP contribution in [0.5, 0.6) is 0 Å². The van der Waals surface area contributed by atoms with E-state index >= 15 is 0 Å². The second-order valence-corrected chi connectivity index (χ2v) is 4.19. The normalized spacial score (nSPS) is 12.9. The summed E-state index contributed by atoms with van der Waals surface area (Å²) in [5, 5.41) is 0. The number of pyridine rings is 1. The lowest BCUT2D eigenvalue weighted by Crippen LogP contribution is -2.41. The number of fused-ring (bicyclic) bond motifs is 1. The van der Waals surface area contributed by atoms with E-state index in [-0.39, 0.29) is 11.7 Å². The largest absolute Gasteiger partial charge is 0.353 e. The summed E-state index contributed by atoms with van der Waals surface area (Å²) in [6.07, 6.45) is 2.35. The van der Waals surface area contributed by atoms with Crippen molar-refractivity contribution in [1.29, 1.82) is 0 Å². The number of rotatable bonds is 2. The molecule has 0 spiro atoms. The first-order valence-electron chi connectivity index (χ1n) is 5.66. The predicted molar refractivity (Wildman–Crippen MR) is 65.5 cm³/mol. The van der Waals surface area contributed by atoms with E-state index < -0.39 is 5.69 Å². The molecule has 0 amide bonds. The molecule has 0 aliphatic carbocycles. The van der Waals surface area contributed by atoms with Crippen LogP contribution in [0.1, 0.15) is 31.9 Å². The van der Waals surface area contributed by atoms with Crippen molar-refractivity contribution in [2.75, 3.05) is 0 Å². The standard InChI is InChI=1S/C12H15N3O2/c1-4-9(3)15-11(16)13-10-8(2)6-5-7-14(10)12(15)17/h5-7,9H,4H2,1-3H3. The lowest BCUT2D eigenvalue weighted by Gasteiger charge is -2.12. The van der Waals surface area contributed by atoms with Gasteiger partial charge in [-0.2, -0.15) is 4.98 Å². The van der Waals surface area contributed by atoms with E-state index in [1.54, 1.807) is 12.3 Å². The van der Waals surface area contributed by atoms with Crippen molar-refractivity contribution < 1.29 is 0 Å². The highest BCUT2D eigenvalue weighted by Gasteiger charge is 2.12. The summed E-state index contributed by atoms with van der Waals surface area (Å²) in [4.78, 5) is 28.0. The molecule has 0 fully saturated rings. The number of aryl methyl sites for hydroxylation is 1. The average molecular weight is 233 g/mol. The minimum absolute atomic E-state index is 0.139. The Bertz CT molecular complexity index is 669. The molecule has 0 aliphatic heterocycles. The van der Waals surface area contributed by atoms with Crippen LogP contribution >= 0.6 is 0 Å². The predicted octanol–water partition coefficient (Wildman–Crippen LogP) is 1.14. The molecule has 2 heterocycles. The number of nitrogens with zero attached hydrogens (tertiary/aromatic N) is 3. The average Bonchev–Trinajstić information content (AvgIpc) is 2.30. The van der Waals surface area contributed by atoms with Gasteiger partial charge in [0.2, 0.25) is 0 Å². The molecule has 90 valence electrons. The van der Waals surface area contributed by atoms with Gasteiger partial charge in [0.25, 0.3) is 0 Å². The van der Waals surface area contributed by atoms with Gasteiger partial charge in [-0.05, 0) is 31.9 Å². The maximum atomic E-state index is 12.2. The fraction of sp³-hybridized carbons (Fsp3) is 0.417. The third-order valence-electron chi connectivity index (χ3n) is 3.01. The van der Waals surface area contributed by atoms with E-state index in [9.17, 15) is 9.59 Å². The van der Waals surface area contributed by atoms with Gasteiger partial charge in [0.05, 0.1) is 0 Å². The van der Waals surface area contributed by atoms with E-state index in [1.165, 1.54) is 8.97 Å². The summed E-state index contributed by atoms with van der Waals surface area (Å²) >= 11 is 0. The van der Waals surface area contributed by atoms with Crippen LogP contribution in [0.25, 0.3) is 5.65 Å². The zero-order valence-electron chi connectivity index (χ0n) is 10.2. The molecule has 0 N–H and O–H groups in total. The zero-order chi connectivity index (χ0) is 12.6. The fourth-order valence-electron chi connectivity index (χ4n) is 1.81. The SMILES string of the molecule is CCC(C)n1c(=O)nc2c(C)cccn2c1=O. The van der Waals surface area contributed by atoms with Crippen molar-refractivity contribution in [2.45, 2.75) is 33.2 Å². The van der Waals surface area contributed by atoms with Gasteiger partial charge in [-0.25, -0.2) is 14.2 Å². The summed E-state index contributed by atoms with van der Waals surface area (Å²) in [6, 6.07) is 3.46. The minimum atomic E-state index is -0.473. The quantitative estimate of drug-likeness (QED) is 0.781. The first-order valence-corrected chi connectivity index (χ1v) is 5.66. The lowest BCUT2D eigenvalue weighted by molar-refractivity contribution is 0.475. The molecule has 2 aromatic rings. The number of hydrogen-bond donors (Lipinski definition) is 0. The summed E-state index contributed by atoms with van der Waals surface area (Å²) in [5.74, 6) is 0. The second kappa shape index (κ2) is 4.16. The number of hydrogen-bond acceptors (Lipinski definition) is 3. The first-order chi connectivity index (χ1) is 8.06. The van der Waals surface area contributed by atoms with E-state index in [2.05, 4.69) is 4.98 Å². The van der Waals surface area contributed by atoms with E-state index in [0.717, 1.165) is 5.56 Å². The van der Waals surface area contributed by atoms with Crippen LogP contribution in [0, 0.1) is 6.92 Å². The van der Waals surface area contributed by atoms with E-state index in [1.807, 2.05) is 26.8 Å². The van der Waals surface area contributed by atoms with Crippen LogP contribution in [0.4, 0.5) is 0 Å². The summed E-state index contributed by atoms with van der Waals surface area (Å²) in [5.41, 5.74) is 0.455. The maximum Gasteiger partial charge on any atom is 0.353 e. The lowest BCUT2D eigenvalue weighted by atomic mass is 10.2. The molecule has 5 nitrogen and oxygen atoms in total. The third kappa shape index (κ3) is 1.77. The van der Waals surface area contributed by atoms with Crippen molar-refractivity contribution in [2.24, 2.45) is 0 Å². The molecule has 1 unspecified atom stereocenters.